The molecule has 0 N–H and O–H groups in total. The fraction of sp³-hybridized carbons (Fsp3) is 0.300. The first kappa shape index (κ1) is 9.52. The molecule has 0 saturated carbocycles. The lowest BCUT2D eigenvalue weighted by Gasteiger charge is -2.02. The highest BCUT2D eigenvalue weighted by Crippen LogP contribution is 2.27. The molecular formula is C10H11BrN2O. The molecular weight excluding hydrogens is 244 g/mol. The van der Waals surface area contributed by atoms with Gasteiger partial charge in [0.25, 0.3) is 0 Å². The van der Waals surface area contributed by atoms with Crippen LogP contribution in [0, 0.1) is 0 Å². The predicted octanol–water partition coefficient (Wildman–Crippen LogP) is 2.83. The van der Waals surface area contributed by atoms with Crippen molar-refractivity contribution >= 4 is 27.0 Å². The molecule has 1 aromatic heterocycles. The maximum Gasteiger partial charge on any atom is 0.178 e. The number of aryl methyl sites for hydroxylation is 1. The average Bonchev–Trinajstić information content (AvgIpc) is 2.52. The van der Waals surface area contributed by atoms with Crippen molar-refractivity contribution in [2.75, 3.05) is 7.11 Å². The number of aromatic nitrogens is 2. The van der Waals surface area contributed by atoms with Crippen LogP contribution in [0.15, 0.2) is 22.9 Å². The van der Waals surface area contributed by atoms with Gasteiger partial charge in [-0.25, -0.2) is 4.98 Å². The zero-order valence-electron chi connectivity index (χ0n) is 8.12. The first-order chi connectivity index (χ1) is 6.77. The maximum atomic E-state index is 5.24. The number of para-hydroxylation sites is 1. The van der Waals surface area contributed by atoms with Crippen LogP contribution in [-0.4, -0.2) is 16.7 Å². The summed E-state index contributed by atoms with van der Waals surface area (Å²) >= 11 is 3.43. The largest absolute Gasteiger partial charge is 0.494 e. The lowest BCUT2D eigenvalue weighted by atomic mass is 10.3. The Labute approximate surface area is 90.8 Å². The van der Waals surface area contributed by atoms with E-state index in [0.29, 0.717) is 0 Å². The minimum atomic E-state index is 0.815. The molecule has 0 spiro atoms. The Morgan fingerprint density at radius 3 is 2.93 bits per heavy atom. The molecule has 0 saturated heterocycles. The highest BCUT2D eigenvalue weighted by molar-refractivity contribution is 9.10. The summed E-state index contributed by atoms with van der Waals surface area (Å²) in [6.45, 7) is 2.98. The van der Waals surface area contributed by atoms with Crippen LogP contribution in [0.5, 0.6) is 5.75 Å². The van der Waals surface area contributed by atoms with Gasteiger partial charge in [-0.3, -0.25) is 0 Å². The SMILES string of the molecule is CCn1c(Br)nc2c(OC)cccc21. The standard InChI is InChI=1S/C10H11BrN2O/c1-3-13-7-5-4-6-8(14-2)9(7)12-10(13)11/h4-6H,3H2,1-2H3. The summed E-state index contributed by atoms with van der Waals surface area (Å²) in [6.07, 6.45) is 0. The summed E-state index contributed by atoms with van der Waals surface area (Å²) in [5.41, 5.74) is 2.00. The molecule has 0 fully saturated rings. The van der Waals surface area contributed by atoms with Gasteiger partial charge in [-0.05, 0) is 35.0 Å². The number of fused-ring (bicyclic) bond motifs is 1. The highest BCUT2D eigenvalue weighted by atomic mass is 79.9. The summed E-state index contributed by atoms with van der Waals surface area (Å²) < 4.78 is 8.19. The van der Waals surface area contributed by atoms with Crippen molar-refractivity contribution in [1.82, 2.24) is 9.55 Å². The smallest absolute Gasteiger partial charge is 0.178 e. The monoisotopic (exact) mass is 254 g/mol. The van der Waals surface area contributed by atoms with Gasteiger partial charge in [0, 0.05) is 6.54 Å². The normalized spacial score (nSPS) is 10.8. The van der Waals surface area contributed by atoms with E-state index in [2.05, 4.69) is 32.4 Å². The molecule has 74 valence electrons. The molecule has 0 amide bonds. The second-order valence-electron chi connectivity index (χ2n) is 2.95. The van der Waals surface area contributed by atoms with E-state index < -0.39 is 0 Å². The van der Waals surface area contributed by atoms with Gasteiger partial charge in [0.1, 0.15) is 11.3 Å². The van der Waals surface area contributed by atoms with Crippen molar-refractivity contribution in [1.29, 1.82) is 0 Å². The number of halogens is 1. The highest BCUT2D eigenvalue weighted by Gasteiger charge is 2.10. The average molecular weight is 255 g/mol. The number of ether oxygens (including phenoxy) is 1. The fourth-order valence-corrected chi connectivity index (χ4v) is 2.18. The molecule has 2 rings (SSSR count). The van der Waals surface area contributed by atoms with Crippen LogP contribution in [0.4, 0.5) is 0 Å². The van der Waals surface area contributed by atoms with Gasteiger partial charge in [-0.15, -0.1) is 0 Å². The van der Waals surface area contributed by atoms with Gasteiger partial charge < -0.3 is 9.30 Å². The van der Waals surface area contributed by atoms with Gasteiger partial charge >= 0.3 is 0 Å². The van der Waals surface area contributed by atoms with E-state index in [1.54, 1.807) is 7.11 Å². The summed E-state index contributed by atoms with van der Waals surface area (Å²) in [4.78, 5) is 4.41. The number of rotatable bonds is 2. The van der Waals surface area contributed by atoms with E-state index in [0.717, 1.165) is 28.1 Å². The second-order valence-corrected chi connectivity index (χ2v) is 3.66. The van der Waals surface area contributed by atoms with E-state index in [-0.39, 0.29) is 0 Å². The summed E-state index contributed by atoms with van der Waals surface area (Å²) in [6, 6.07) is 5.93. The molecule has 3 nitrogen and oxygen atoms in total. The molecule has 0 radical (unpaired) electrons. The van der Waals surface area contributed by atoms with Gasteiger partial charge in [-0.2, -0.15) is 0 Å². The molecule has 0 atom stereocenters. The van der Waals surface area contributed by atoms with Crippen LogP contribution in [0.2, 0.25) is 0 Å². The Morgan fingerprint density at radius 1 is 1.50 bits per heavy atom. The van der Waals surface area contributed by atoms with Crippen LogP contribution in [0.25, 0.3) is 11.0 Å². The van der Waals surface area contributed by atoms with Gasteiger partial charge in [-0.1, -0.05) is 6.07 Å². The van der Waals surface area contributed by atoms with E-state index in [9.17, 15) is 0 Å². The molecule has 0 aliphatic carbocycles. The molecule has 0 unspecified atom stereocenters. The zero-order valence-corrected chi connectivity index (χ0v) is 9.71. The van der Waals surface area contributed by atoms with Crippen molar-refractivity contribution in [2.24, 2.45) is 0 Å². The van der Waals surface area contributed by atoms with Crippen LogP contribution in [0.1, 0.15) is 6.92 Å². The minimum Gasteiger partial charge on any atom is -0.494 e. The van der Waals surface area contributed by atoms with Gasteiger partial charge in [0.15, 0.2) is 4.73 Å². The molecule has 4 heteroatoms. The number of methoxy groups -OCH3 is 1. The molecule has 14 heavy (non-hydrogen) atoms. The third kappa shape index (κ3) is 1.30. The molecule has 0 bridgehead atoms. The summed E-state index contributed by atoms with van der Waals surface area (Å²) in [7, 11) is 1.66. The first-order valence-electron chi connectivity index (χ1n) is 4.46. The fourth-order valence-electron chi connectivity index (χ4n) is 1.56. The summed E-state index contributed by atoms with van der Waals surface area (Å²) in [5, 5.41) is 0. The Balaban J connectivity index is 2.79. The van der Waals surface area contributed by atoms with Crippen molar-refractivity contribution in [2.45, 2.75) is 13.5 Å². The quantitative estimate of drug-likeness (QED) is 0.825. The molecule has 2 aromatic rings. The summed E-state index contributed by atoms with van der Waals surface area (Å²) in [5.74, 6) is 0.815. The number of benzene rings is 1. The number of hydrogen-bond donors (Lipinski definition) is 0. The van der Waals surface area contributed by atoms with Crippen molar-refractivity contribution in [3.8, 4) is 5.75 Å². The predicted molar refractivity (Wildman–Crippen MR) is 59.7 cm³/mol. The second kappa shape index (κ2) is 3.61. The number of imidazole rings is 1. The Morgan fingerprint density at radius 2 is 2.29 bits per heavy atom. The molecule has 0 aliphatic heterocycles. The van der Waals surface area contributed by atoms with Crippen LogP contribution >= 0.6 is 15.9 Å². The Hall–Kier alpha value is -1.03. The van der Waals surface area contributed by atoms with E-state index in [4.69, 9.17) is 4.74 Å². The topological polar surface area (TPSA) is 27.1 Å². The maximum absolute atomic E-state index is 5.24. The molecule has 1 aromatic carbocycles. The van der Waals surface area contributed by atoms with Crippen molar-refractivity contribution in [3.63, 3.8) is 0 Å². The number of hydrogen-bond acceptors (Lipinski definition) is 2. The lowest BCUT2D eigenvalue weighted by molar-refractivity contribution is 0.419. The van der Waals surface area contributed by atoms with E-state index in [1.807, 2.05) is 18.2 Å². The van der Waals surface area contributed by atoms with E-state index in [1.165, 1.54) is 0 Å². The Bertz CT molecular complexity index is 464. The zero-order chi connectivity index (χ0) is 10.1. The van der Waals surface area contributed by atoms with Crippen LogP contribution in [-0.2, 0) is 6.54 Å². The van der Waals surface area contributed by atoms with Gasteiger partial charge in [0.05, 0.1) is 12.6 Å². The van der Waals surface area contributed by atoms with E-state index >= 15 is 0 Å². The third-order valence-corrected chi connectivity index (χ3v) is 2.84. The lowest BCUT2D eigenvalue weighted by Crippen LogP contribution is -1.93. The van der Waals surface area contributed by atoms with Crippen molar-refractivity contribution < 1.29 is 4.74 Å². The molecule has 1 heterocycles. The molecule has 0 aliphatic rings. The van der Waals surface area contributed by atoms with Crippen LogP contribution < -0.4 is 4.74 Å². The number of nitrogens with zero attached hydrogens (tertiary/aromatic N) is 2. The van der Waals surface area contributed by atoms with Crippen LogP contribution in [0.3, 0.4) is 0 Å². The van der Waals surface area contributed by atoms with Gasteiger partial charge in [0.2, 0.25) is 0 Å². The first-order valence-corrected chi connectivity index (χ1v) is 5.26. The Kier molecular flexibility index (Phi) is 2.46. The van der Waals surface area contributed by atoms with Crippen molar-refractivity contribution in [3.05, 3.63) is 22.9 Å². The third-order valence-electron chi connectivity index (χ3n) is 2.23. The minimum absolute atomic E-state index is 0.815.